The molecule has 2 aromatic rings. The van der Waals surface area contributed by atoms with Gasteiger partial charge in [0.15, 0.2) is 11.5 Å². The third-order valence-corrected chi connectivity index (χ3v) is 7.53. The number of esters is 1. The van der Waals surface area contributed by atoms with Crippen LogP contribution in [0.15, 0.2) is 47.4 Å². The summed E-state index contributed by atoms with van der Waals surface area (Å²) in [6, 6.07) is 10.6. The van der Waals surface area contributed by atoms with Crippen molar-refractivity contribution in [2.75, 3.05) is 13.1 Å². The SMILES string of the molecule is CC(=O)c1ccc(S(=O)(=O)N2CCC(C(=O)Oc3cccc(Cl)c3Cl)CC2)cc1. The number of hydrogen-bond donors (Lipinski definition) is 0. The van der Waals surface area contributed by atoms with Gasteiger partial charge >= 0.3 is 5.97 Å². The summed E-state index contributed by atoms with van der Waals surface area (Å²) in [4.78, 5) is 23.9. The van der Waals surface area contributed by atoms with Gasteiger partial charge in [0.1, 0.15) is 5.02 Å². The number of piperidine rings is 1. The van der Waals surface area contributed by atoms with E-state index in [4.69, 9.17) is 27.9 Å². The van der Waals surface area contributed by atoms with Crippen LogP contribution in [0.3, 0.4) is 0 Å². The fraction of sp³-hybridized carbons (Fsp3) is 0.300. The van der Waals surface area contributed by atoms with Crippen molar-refractivity contribution >= 4 is 45.0 Å². The van der Waals surface area contributed by atoms with Crippen LogP contribution < -0.4 is 4.74 Å². The smallest absolute Gasteiger partial charge is 0.314 e. The maximum Gasteiger partial charge on any atom is 0.314 e. The van der Waals surface area contributed by atoms with Crippen LogP contribution in [0.1, 0.15) is 30.1 Å². The number of ketones is 1. The van der Waals surface area contributed by atoms with Crippen LogP contribution in [-0.2, 0) is 14.8 Å². The molecule has 0 unspecified atom stereocenters. The lowest BCUT2D eigenvalue weighted by Crippen LogP contribution is -2.41. The highest BCUT2D eigenvalue weighted by atomic mass is 35.5. The Hall–Kier alpha value is -1.93. The van der Waals surface area contributed by atoms with Crippen molar-refractivity contribution in [3.63, 3.8) is 0 Å². The molecule has 1 fully saturated rings. The molecule has 154 valence electrons. The molecule has 0 atom stereocenters. The van der Waals surface area contributed by atoms with E-state index in [0.717, 1.165) is 0 Å². The minimum atomic E-state index is -3.69. The lowest BCUT2D eigenvalue weighted by Gasteiger charge is -2.30. The Morgan fingerprint density at radius 1 is 1.03 bits per heavy atom. The summed E-state index contributed by atoms with van der Waals surface area (Å²) in [6.45, 7) is 1.81. The molecule has 0 N–H and O–H groups in total. The molecule has 2 aromatic carbocycles. The van der Waals surface area contributed by atoms with Gasteiger partial charge in [-0.2, -0.15) is 4.31 Å². The fourth-order valence-corrected chi connectivity index (χ4v) is 4.90. The lowest BCUT2D eigenvalue weighted by molar-refractivity contribution is -0.140. The molecule has 0 radical (unpaired) electrons. The Balaban J connectivity index is 1.64. The van der Waals surface area contributed by atoms with Gasteiger partial charge in [0, 0.05) is 18.7 Å². The molecule has 0 saturated carbocycles. The minimum Gasteiger partial charge on any atom is -0.425 e. The van der Waals surface area contributed by atoms with E-state index < -0.39 is 21.9 Å². The molecular weight excluding hydrogens is 437 g/mol. The predicted molar refractivity (Wildman–Crippen MR) is 110 cm³/mol. The van der Waals surface area contributed by atoms with Crippen molar-refractivity contribution in [1.29, 1.82) is 0 Å². The fourth-order valence-electron chi connectivity index (χ4n) is 3.10. The number of sulfonamides is 1. The predicted octanol–water partition coefficient (Wildman–Crippen LogP) is 4.20. The maximum atomic E-state index is 12.8. The summed E-state index contributed by atoms with van der Waals surface area (Å²) < 4.78 is 32.3. The van der Waals surface area contributed by atoms with Crippen molar-refractivity contribution in [1.82, 2.24) is 4.31 Å². The molecule has 1 saturated heterocycles. The van der Waals surface area contributed by atoms with E-state index in [1.807, 2.05) is 0 Å². The molecule has 1 aliphatic rings. The summed E-state index contributed by atoms with van der Waals surface area (Å²) >= 11 is 12.0. The summed E-state index contributed by atoms with van der Waals surface area (Å²) in [5.74, 6) is -0.841. The van der Waals surface area contributed by atoms with Gasteiger partial charge in [0.2, 0.25) is 10.0 Å². The van der Waals surface area contributed by atoms with Crippen LogP contribution in [0.4, 0.5) is 0 Å². The largest absolute Gasteiger partial charge is 0.425 e. The van der Waals surface area contributed by atoms with Crippen molar-refractivity contribution in [2.45, 2.75) is 24.7 Å². The molecule has 1 heterocycles. The third kappa shape index (κ3) is 4.80. The first-order chi connectivity index (χ1) is 13.7. The second-order valence-electron chi connectivity index (χ2n) is 6.73. The topological polar surface area (TPSA) is 80.8 Å². The van der Waals surface area contributed by atoms with Gasteiger partial charge < -0.3 is 4.74 Å². The van der Waals surface area contributed by atoms with Gasteiger partial charge in [-0.3, -0.25) is 9.59 Å². The highest BCUT2D eigenvalue weighted by Gasteiger charge is 2.33. The standard InChI is InChI=1S/C20H19Cl2NO5S/c1-13(24)14-5-7-16(8-6-14)29(26,27)23-11-9-15(10-12-23)20(25)28-18-4-2-3-17(21)19(18)22/h2-8,15H,9-12H2,1H3. The van der Waals surface area contributed by atoms with Crippen molar-refractivity contribution in [3.8, 4) is 5.75 Å². The monoisotopic (exact) mass is 455 g/mol. The number of halogens is 2. The first-order valence-corrected chi connectivity index (χ1v) is 11.2. The van der Waals surface area contributed by atoms with Crippen molar-refractivity contribution in [2.24, 2.45) is 5.92 Å². The number of benzene rings is 2. The maximum absolute atomic E-state index is 12.8. The van der Waals surface area contributed by atoms with E-state index >= 15 is 0 Å². The molecule has 3 rings (SSSR count). The Kier molecular flexibility index (Phi) is 6.63. The zero-order valence-corrected chi connectivity index (χ0v) is 17.9. The third-order valence-electron chi connectivity index (χ3n) is 4.81. The zero-order valence-electron chi connectivity index (χ0n) is 15.6. The van der Waals surface area contributed by atoms with Crippen LogP contribution in [0.25, 0.3) is 0 Å². The van der Waals surface area contributed by atoms with E-state index in [1.165, 1.54) is 35.5 Å². The number of rotatable bonds is 5. The number of hydrogen-bond acceptors (Lipinski definition) is 5. The summed E-state index contributed by atoms with van der Waals surface area (Å²) in [5, 5.41) is 0.449. The van der Waals surface area contributed by atoms with Gasteiger partial charge in [-0.15, -0.1) is 0 Å². The Bertz CT molecular complexity index is 1030. The Morgan fingerprint density at radius 2 is 1.66 bits per heavy atom. The molecular formula is C20H19Cl2NO5S. The lowest BCUT2D eigenvalue weighted by atomic mass is 9.98. The number of carbonyl (C=O) groups is 2. The van der Waals surface area contributed by atoms with Crippen molar-refractivity contribution < 1.29 is 22.7 Å². The van der Waals surface area contributed by atoms with Gasteiger partial charge in [0.05, 0.1) is 15.8 Å². The van der Waals surface area contributed by atoms with E-state index in [9.17, 15) is 18.0 Å². The van der Waals surface area contributed by atoms with Crippen LogP contribution in [0, 0.1) is 5.92 Å². The highest BCUT2D eigenvalue weighted by molar-refractivity contribution is 7.89. The molecule has 0 bridgehead atoms. The average molecular weight is 456 g/mol. The van der Waals surface area contributed by atoms with Gasteiger partial charge in [-0.05, 0) is 44.0 Å². The van der Waals surface area contributed by atoms with Gasteiger partial charge in [-0.1, -0.05) is 41.4 Å². The first kappa shape index (κ1) is 21.8. The number of Topliss-reactive ketones (excluding diaryl/α,β-unsaturated/α-hetero) is 1. The summed E-state index contributed by atoms with van der Waals surface area (Å²) in [5.41, 5.74) is 0.449. The average Bonchev–Trinajstić information content (AvgIpc) is 2.71. The summed E-state index contributed by atoms with van der Waals surface area (Å²) in [6.07, 6.45) is 0.670. The van der Waals surface area contributed by atoms with Crippen LogP contribution in [-0.4, -0.2) is 37.6 Å². The summed E-state index contributed by atoms with van der Waals surface area (Å²) in [7, 11) is -3.69. The first-order valence-electron chi connectivity index (χ1n) is 8.97. The van der Waals surface area contributed by atoms with Gasteiger partial charge in [-0.25, -0.2) is 8.42 Å². The Labute approximate surface area is 179 Å². The molecule has 1 aliphatic heterocycles. The molecule has 29 heavy (non-hydrogen) atoms. The molecule has 0 amide bonds. The molecule has 6 nitrogen and oxygen atoms in total. The molecule has 9 heteroatoms. The quantitative estimate of drug-likeness (QED) is 0.383. The Morgan fingerprint density at radius 3 is 2.24 bits per heavy atom. The normalized spacial score (nSPS) is 15.8. The van der Waals surface area contributed by atoms with E-state index in [2.05, 4.69) is 0 Å². The van der Waals surface area contributed by atoms with E-state index in [1.54, 1.807) is 18.2 Å². The van der Waals surface area contributed by atoms with Crippen LogP contribution in [0.2, 0.25) is 10.0 Å². The van der Waals surface area contributed by atoms with Crippen molar-refractivity contribution in [3.05, 3.63) is 58.1 Å². The van der Waals surface area contributed by atoms with Gasteiger partial charge in [0.25, 0.3) is 0 Å². The zero-order chi connectivity index (χ0) is 21.2. The second-order valence-corrected chi connectivity index (χ2v) is 9.46. The van der Waals surface area contributed by atoms with E-state index in [0.29, 0.717) is 18.4 Å². The second kappa shape index (κ2) is 8.83. The number of carbonyl (C=O) groups excluding carboxylic acids is 2. The molecule has 0 spiro atoms. The molecule has 0 aliphatic carbocycles. The minimum absolute atomic E-state index is 0.120. The number of nitrogens with zero attached hydrogens (tertiary/aromatic N) is 1. The van der Waals surface area contributed by atoms with Crippen LogP contribution in [0.5, 0.6) is 5.75 Å². The van der Waals surface area contributed by atoms with Crippen LogP contribution >= 0.6 is 23.2 Å². The molecule has 0 aromatic heterocycles. The number of ether oxygens (including phenoxy) is 1. The highest BCUT2D eigenvalue weighted by Crippen LogP contribution is 2.33. The van der Waals surface area contributed by atoms with E-state index in [-0.39, 0.29) is 39.6 Å².